The van der Waals surface area contributed by atoms with Gasteiger partial charge in [-0.1, -0.05) is 0 Å². The van der Waals surface area contributed by atoms with E-state index in [1.807, 2.05) is 0 Å². The van der Waals surface area contributed by atoms with Gasteiger partial charge in [-0.2, -0.15) is 0 Å². The highest BCUT2D eigenvalue weighted by Gasteiger charge is 2.35. The molecule has 10 nitrogen and oxygen atoms in total. The molecule has 0 saturated carbocycles. The van der Waals surface area contributed by atoms with E-state index in [9.17, 15) is 29.1 Å². The lowest BCUT2D eigenvalue weighted by molar-refractivity contribution is -0.142. The van der Waals surface area contributed by atoms with Crippen molar-refractivity contribution in [3.05, 3.63) is 0 Å². The summed E-state index contributed by atoms with van der Waals surface area (Å²) in [7, 11) is 0. The van der Waals surface area contributed by atoms with Crippen LogP contribution in [0.25, 0.3) is 0 Å². The van der Waals surface area contributed by atoms with Gasteiger partial charge in [0.1, 0.15) is 18.1 Å². The second kappa shape index (κ2) is 11.4. The number of carbonyl (C=O) groups is 5. The SMILES string of the molecule is O=C(O)C(CCCCNC(=O)C1CCCN1C(=O)Cl)NC(=O)C1CCCN1C(=O)Cl. The van der Waals surface area contributed by atoms with Crippen molar-refractivity contribution in [2.24, 2.45) is 0 Å². The number of unbranched alkanes of at least 4 members (excludes halogenated alkanes) is 1. The molecule has 0 aromatic rings. The summed E-state index contributed by atoms with van der Waals surface area (Å²) in [5.41, 5.74) is 0. The van der Waals surface area contributed by atoms with Gasteiger partial charge in [0.2, 0.25) is 11.8 Å². The van der Waals surface area contributed by atoms with E-state index in [1.165, 1.54) is 9.80 Å². The largest absolute Gasteiger partial charge is 0.480 e. The summed E-state index contributed by atoms with van der Waals surface area (Å²) in [6.45, 7) is 1.14. The summed E-state index contributed by atoms with van der Waals surface area (Å²) in [6, 6.07) is -2.42. The quantitative estimate of drug-likeness (QED) is 0.268. The summed E-state index contributed by atoms with van der Waals surface area (Å²) in [6.07, 6.45) is 3.46. The molecule has 4 amide bonds. The van der Waals surface area contributed by atoms with Gasteiger partial charge in [0.15, 0.2) is 0 Å². The number of rotatable bonds is 9. The fourth-order valence-corrected chi connectivity index (χ4v) is 4.23. The molecule has 0 radical (unpaired) electrons. The van der Waals surface area contributed by atoms with Gasteiger partial charge in [-0.3, -0.25) is 19.2 Å². The first kappa shape index (κ1) is 24.2. The molecule has 0 aromatic carbocycles. The summed E-state index contributed by atoms with van der Waals surface area (Å²) in [5.74, 6) is -1.98. The van der Waals surface area contributed by atoms with Crippen molar-refractivity contribution in [2.45, 2.75) is 63.1 Å². The molecule has 12 heteroatoms. The molecule has 30 heavy (non-hydrogen) atoms. The lowest BCUT2D eigenvalue weighted by atomic mass is 10.1. The van der Waals surface area contributed by atoms with Crippen LogP contribution in [0.1, 0.15) is 44.9 Å². The van der Waals surface area contributed by atoms with Crippen molar-refractivity contribution in [1.29, 1.82) is 0 Å². The second-order valence-electron chi connectivity index (χ2n) is 7.39. The Morgan fingerprint density at radius 3 is 1.93 bits per heavy atom. The zero-order chi connectivity index (χ0) is 22.3. The Morgan fingerprint density at radius 2 is 1.43 bits per heavy atom. The molecule has 2 saturated heterocycles. The average molecular weight is 465 g/mol. The molecule has 0 bridgehead atoms. The number of likely N-dealkylation sites (tertiary alicyclic amines) is 2. The van der Waals surface area contributed by atoms with Crippen LogP contribution in [0.3, 0.4) is 0 Å². The van der Waals surface area contributed by atoms with Crippen LogP contribution in [0.2, 0.25) is 0 Å². The van der Waals surface area contributed by atoms with E-state index >= 15 is 0 Å². The van der Waals surface area contributed by atoms with E-state index in [0.29, 0.717) is 58.2 Å². The normalized spacial score (nSPS) is 21.9. The minimum absolute atomic E-state index is 0.175. The van der Waals surface area contributed by atoms with Crippen LogP contribution in [-0.4, -0.2) is 81.2 Å². The summed E-state index contributed by atoms with van der Waals surface area (Å²) < 4.78 is 0. The fourth-order valence-electron chi connectivity index (χ4n) is 3.83. The summed E-state index contributed by atoms with van der Waals surface area (Å²) in [4.78, 5) is 61.2. The van der Waals surface area contributed by atoms with Crippen LogP contribution in [-0.2, 0) is 14.4 Å². The van der Waals surface area contributed by atoms with Crippen LogP contribution < -0.4 is 10.6 Å². The number of amides is 4. The highest BCUT2D eigenvalue weighted by atomic mass is 35.5. The smallest absolute Gasteiger partial charge is 0.326 e. The molecule has 0 spiro atoms. The Morgan fingerprint density at radius 1 is 0.900 bits per heavy atom. The number of nitrogens with one attached hydrogen (secondary N) is 2. The number of hydrogen-bond acceptors (Lipinski definition) is 5. The molecule has 2 fully saturated rings. The number of carbonyl (C=O) groups excluding carboxylic acids is 4. The van der Waals surface area contributed by atoms with Gasteiger partial charge in [-0.05, 0) is 68.1 Å². The number of halogens is 2. The number of carboxylic acids is 1. The van der Waals surface area contributed by atoms with E-state index < -0.39 is 40.7 Å². The molecule has 0 aliphatic carbocycles. The number of nitrogens with zero attached hydrogens (tertiary/aromatic N) is 2. The van der Waals surface area contributed by atoms with Gasteiger partial charge in [0.05, 0.1) is 0 Å². The molecule has 0 aromatic heterocycles. The van der Waals surface area contributed by atoms with Crippen LogP contribution in [0, 0.1) is 0 Å². The average Bonchev–Trinajstić information content (AvgIpc) is 3.35. The second-order valence-corrected chi connectivity index (χ2v) is 8.04. The standard InChI is InChI=1S/C18H26Cl2N4O6/c19-17(29)23-9-3-6-12(23)14(25)21-8-2-1-5-11(16(27)28)22-15(26)13-7-4-10-24(13)18(20)30/h11-13H,1-10H2,(H,21,25)(H,22,26)(H,27,28). The van der Waals surface area contributed by atoms with E-state index in [1.54, 1.807) is 0 Å². The Bertz CT molecular complexity index is 692. The van der Waals surface area contributed by atoms with Crippen molar-refractivity contribution in [3.8, 4) is 0 Å². The molecule has 2 rings (SSSR count). The van der Waals surface area contributed by atoms with Crippen molar-refractivity contribution in [2.75, 3.05) is 19.6 Å². The lowest BCUT2D eigenvalue weighted by Crippen LogP contribution is -2.50. The Labute approximate surface area is 184 Å². The summed E-state index contributed by atoms with van der Waals surface area (Å²) in [5, 5.41) is 13.2. The summed E-state index contributed by atoms with van der Waals surface area (Å²) >= 11 is 10.9. The maximum absolute atomic E-state index is 12.4. The first-order valence-electron chi connectivity index (χ1n) is 9.95. The van der Waals surface area contributed by atoms with E-state index in [-0.39, 0.29) is 12.3 Å². The number of aliphatic carboxylic acids is 1. The predicted molar refractivity (Wildman–Crippen MR) is 108 cm³/mol. The molecule has 3 unspecified atom stereocenters. The molecule has 3 N–H and O–H groups in total. The third kappa shape index (κ3) is 6.46. The van der Waals surface area contributed by atoms with Crippen LogP contribution >= 0.6 is 23.2 Å². The Kier molecular flexibility index (Phi) is 9.16. The maximum atomic E-state index is 12.4. The van der Waals surface area contributed by atoms with Crippen molar-refractivity contribution >= 4 is 51.7 Å². The monoisotopic (exact) mass is 464 g/mol. The molecule has 2 aliphatic heterocycles. The predicted octanol–water partition coefficient (Wildman–Crippen LogP) is 1.49. The highest BCUT2D eigenvalue weighted by molar-refractivity contribution is 6.63. The van der Waals surface area contributed by atoms with E-state index in [4.69, 9.17) is 23.2 Å². The van der Waals surface area contributed by atoms with Gasteiger partial charge in [0, 0.05) is 19.6 Å². The Balaban J connectivity index is 1.73. The van der Waals surface area contributed by atoms with E-state index in [0.717, 1.165) is 0 Å². The number of hydrogen-bond donors (Lipinski definition) is 3. The third-order valence-corrected chi connectivity index (χ3v) is 5.83. The minimum Gasteiger partial charge on any atom is -0.480 e. The van der Waals surface area contributed by atoms with Crippen molar-refractivity contribution < 1.29 is 29.1 Å². The van der Waals surface area contributed by atoms with Gasteiger partial charge >= 0.3 is 16.7 Å². The zero-order valence-corrected chi connectivity index (χ0v) is 18.0. The van der Waals surface area contributed by atoms with Gasteiger partial charge in [-0.25, -0.2) is 4.79 Å². The molecular formula is C18H26Cl2N4O6. The van der Waals surface area contributed by atoms with Crippen molar-refractivity contribution in [1.82, 2.24) is 20.4 Å². The third-order valence-electron chi connectivity index (χ3n) is 5.40. The van der Waals surface area contributed by atoms with Crippen LogP contribution in [0.5, 0.6) is 0 Å². The fraction of sp³-hybridized carbons (Fsp3) is 0.722. The molecule has 2 heterocycles. The van der Waals surface area contributed by atoms with Crippen LogP contribution in [0.4, 0.5) is 9.59 Å². The van der Waals surface area contributed by atoms with Gasteiger partial charge in [0.25, 0.3) is 0 Å². The van der Waals surface area contributed by atoms with Gasteiger partial charge < -0.3 is 25.5 Å². The molecular weight excluding hydrogens is 439 g/mol. The van der Waals surface area contributed by atoms with Crippen LogP contribution in [0.15, 0.2) is 0 Å². The maximum Gasteiger partial charge on any atom is 0.326 e. The first-order valence-corrected chi connectivity index (χ1v) is 10.7. The lowest BCUT2D eigenvalue weighted by Gasteiger charge is -2.23. The first-order chi connectivity index (χ1) is 14.2. The topological polar surface area (TPSA) is 136 Å². The highest BCUT2D eigenvalue weighted by Crippen LogP contribution is 2.20. The Hall–Kier alpha value is -2.07. The van der Waals surface area contributed by atoms with Gasteiger partial charge in [-0.15, -0.1) is 0 Å². The minimum atomic E-state index is -1.17. The molecule has 3 atom stereocenters. The molecule has 2 aliphatic rings. The molecule has 168 valence electrons. The zero-order valence-electron chi connectivity index (χ0n) is 16.4. The number of carboxylic acid groups (broad SMARTS) is 1. The van der Waals surface area contributed by atoms with E-state index in [2.05, 4.69) is 10.6 Å². The van der Waals surface area contributed by atoms with Crippen molar-refractivity contribution in [3.63, 3.8) is 0 Å².